The Balaban J connectivity index is 1.80. The molecule has 1 atom stereocenters. The largest absolute Gasteiger partial charge is 0.444 e. The zero-order valence-electron chi connectivity index (χ0n) is 16.7. The van der Waals surface area contributed by atoms with Gasteiger partial charge < -0.3 is 20.7 Å². The standard InChI is InChI=1S/C20H33N3O3S/c1-20(2,3)26-19(25)23-13-17(15-8-5-4-6-9-15)21-14-18(24)22-12-16-10-7-11-27-16/h7,10-11,15,17,21H,4-6,8-9,12-14H2,1-3H3,(H,22,24)(H,23,25). The number of nitrogens with one attached hydrogen (secondary N) is 3. The molecule has 0 aliphatic heterocycles. The predicted octanol–water partition coefficient (Wildman–Crippen LogP) is 3.43. The van der Waals surface area contributed by atoms with E-state index < -0.39 is 11.7 Å². The summed E-state index contributed by atoms with van der Waals surface area (Å²) in [4.78, 5) is 25.3. The van der Waals surface area contributed by atoms with Gasteiger partial charge in [-0.3, -0.25) is 4.79 Å². The van der Waals surface area contributed by atoms with Crippen molar-refractivity contribution < 1.29 is 14.3 Å². The van der Waals surface area contributed by atoms with Crippen LogP contribution < -0.4 is 16.0 Å². The minimum Gasteiger partial charge on any atom is -0.444 e. The molecule has 0 radical (unpaired) electrons. The summed E-state index contributed by atoms with van der Waals surface area (Å²) in [6.45, 7) is 6.83. The molecule has 7 heteroatoms. The highest BCUT2D eigenvalue weighted by Gasteiger charge is 2.25. The van der Waals surface area contributed by atoms with Gasteiger partial charge >= 0.3 is 6.09 Å². The Morgan fingerprint density at radius 2 is 1.96 bits per heavy atom. The number of thiophene rings is 1. The number of hydrogen-bond donors (Lipinski definition) is 3. The van der Waals surface area contributed by atoms with E-state index in [-0.39, 0.29) is 18.5 Å². The van der Waals surface area contributed by atoms with Crippen LogP contribution in [0.3, 0.4) is 0 Å². The normalized spacial score (nSPS) is 16.6. The van der Waals surface area contributed by atoms with E-state index in [4.69, 9.17) is 4.74 Å². The molecule has 27 heavy (non-hydrogen) atoms. The number of ether oxygens (including phenoxy) is 1. The monoisotopic (exact) mass is 395 g/mol. The van der Waals surface area contributed by atoms with Crippen molar-refractivity contribution in [2.45, 2.75) is 71.1 Å². The third-order valence-electron chi connectivity index (χ3n) is 4.65. The predicted molar refractivity (Wildman–Crippen MR) is 109 cm³/mol. The molecule has 1 aromatic heterocycles. The summed E-state index contributed by atoms with van der Waals surface area (Å²) in [5.41, 5.74) is -0.514. The molecular weight excluding hydrogens is 362 g/mol. The molecule has 0 aromatic carbocycles. The highest BCUT2D eigenvalue weighted by atomic mass is 32.1. The molecule has 0 bridgehead atoms. The van der Waals surface area contributed by atoms with Gasteiger partial charge in [0.25, 0.3) is 0 Å². The second kappa shape index (κ2) is 10.7. The van der Waals surface area contributed by atoms with Gasteiger partial charge in [-0.15, -0.1) is 11.3 Å². The number of rotatable bonds is 8. The smallest absolute Gasteiger partial charge is 0.407 e. The zero-order valence-corrected chi connectivity index (χ0v) is 17.5. The molecule has 1 aliphatic carbocycles. The molecule has 152 valence electrons. The molecule has 1 saturated carbocycles. The zero-order chi connectivity index (χ0) is 19.7. The topological polar surface area (TPSA) is 79.5 Å². The van der Waals surface area contributed by atoms with Crippen LogP contribution in [0.5, 0.6) is 0 Å². The van der Waals surface area contributed by atoms with E-state index in [1.807, 2.05) is 38.3 Å². The summed E-state index contributed by atoms with van der Waals surface area (Å²) in [7, 11) is 0. The Kier molecular flexibility index (Phi) is 8.57. The molecule has 1 unspecified atom stereocenters. The molecule has 1 heterocycles. The maximum absolute atomic E-state index is 12.2. The second-order valence-electron chi connectivity index (χ2n) is 8.12. The van der Waals surface area contributed by atoms with Crippen LogP contribution >= 0.6 is 11.3 Å². The lowest BCUT2D eigenvalue weighted by Gasteiger charge is -2.31. The number of carbonyl (C=O) groups excluding carboxylic acids is 2. The van der Waals surface area contributed by atoms with Crippen LogP contribution in [0.15, 0.2) is 17.5 Å². The van der Waals surface area contributed by atoms with Crippen LogP contribution in [0.2, 0.25) is 0 Å². The maximum atomic E-state index is 12.2. The highest BCUT2D eigenvalue weighted by molar-refractivity contribution is 7.09. The van der Waals surface area contributed by atoms with E-state index in [2.05, 4.69) is 16.0 Å². The van der Waals surface area contributed by atoms with Crippen molar-refractivity contribution in [3.8, 4) is 0 Å². The third kappa shape index (κ3) is 8.75. The number of carbonyl (C=O) groups is 2. The average Bonchev–Trinajstić information content (AvgIpc) is 3.13. The van der Waals surface area contributed by atoms with E-state index >= 15 is 0 Å². The van der Waals surface area contributed by atoms with Gasteiger partial charge in [0.1, 0.15) is 5.60 Å². The Hall–Kier alpha value is -1.60. The number of alkyl carbamates (subject to hydrolysis) is 1. The molecule has 0 spiro atoms. The molecule has 3 N–H and O–H groups in total. The lowest BCUT2D eigenvalue weighted by atomic mass is 9.84. The summed E-state index contributed by atoms with van der Waals surface area (Å²) < 4.78 is 5.33. The summed E-state index contributed by atoms with van der Waals surface area (Å²) in [6.07, 6.45) is 5.53. The highest BCUT2D eigenvalue weighted by Crippen LogP contribution is 2.26. The van der Waals surface area contributed by atoms with Crippen LogP contribution in [0, 0.1) is 5.92 Å². The average molecular weight is 396 g/mol. The number of hydrogen-bond acceptors (Lipinski definition) is 5. The van der Waals surface area contributed by atoms with Crippen LogP contribution in [-0.2, 0) is 16.1 Å². The van der Waals surface area contributed by atoms with Gasteiger partial charge in [0, 0.05) is 17.5 Å². The van der Waals surface area contributed by atoms with Crippen LogP contribution in [0.1, 0.15) is 57.8 Å². The van der Waals surface area contributed by atoms with Crippen LogP contribution in [0.4, 0.5) is 4.79 Å². The van der Waals surface area contributed by atoms with Gasteiger partial charge in [-0.1, -0.05) is 25.3 Å². The van der Waals surface area contributed by atoms with E-state index in [1.54, 1.807) is 11.3 Å². The lowest BCUT2D eigenvalue weighted by molar-refractivity contribution is -0.120. The first-order valence-electron chi connectivity index (χ1n) is 9.83. The van der Waals surface area contributed by atoms with E-state index in [0.717, 1.165) is 17.7 Å². The first kappa shape index (κ1) is 21.7. The molecule has 1 fully saturated rings. The molecule has 0 saturated heterocycles. The second-order valence-corrected chi connectivity index (χ2v) is 9.16. The molecule has 1 aliphatic rings. The Morgan fingerprint density at radius 3 is 2.59 bits per heavy atom. The van der Waals surface area contributed by atoms with E-state index in [9.17, 15) is 9.59 Å². The molecular formula is C20H33N3O3S. The first-order valence-corrected chi connectivity index (χ1v) is 10.7. The minimum absolute atomic E-state index is 0.0264. The summed E-state index contributed by atoms with van der Waals surface area (Å²) >= 11 is 1.63. The van der Waals surface area contributed by atoms with Gasteiger partial charge in [0.2, 0.25) is 5.91 Å². The van der Waals surface area contributed by atoms with Gasteiger partial charge in [-0.05, 0) is 51.0 Å². The Bertz CT molecular complexity index is 578. The SMILES string of the molecule is CC(C)(C)OC(=O)NCC(NCC(=O)NCc1cccs1)C1CCCCC1. The summed E-state index contributed by atoms with van der Waals surface area (Å²) in [5, 5.41) is 11.2. The molecule has 2 rings (SSSR count). The van der Waals surface area contributed by atoms with Crippen molar-refractivity contribution in [3.63, 3.8) is 0 Å². The fourth-order valence-corrected chi connectivity index (χ4v) is 3.98. The number of amides is 2. The fourth-order valence-electron chi connectivity index (χ4n) is 3.33. The summed E-state index contributed by atoms with van der Waals surface area (Å²) in [6, 6.07) is 4.06. The van der Waals surface area contributed by atoms with Crippen molar-refractivity contribution >= 4 is 23.3 Å². The van der Waals surface area contributed by atoms with Crippen LogP contribution in [0.25, 0.3) is 0 Å². The quantitative estimate of drug-likeness (QED) is 0.630. The van der Waals surface area contributed by atoms with Crippen molar-refractivity contribution in [3.05, 3.63) is 22.4 Å². The molecule has 1 aromatic rings. The minimum atomic E-state index is -0.514. The Morgan fingerprint density at radius 1 is 1.22 bits per heavy atom. The van der Waals surface area contributed by atoms with Crippen molar-refractivity contribution in [2.24, 2.45) is 5.92 Å². The Labute approximate surface area is 166 Å². The first-order chi connectivity index (χ1) is 12.8. The summed E-state index contributed by atoms with van der Waals surface area (Å²) in [5.74, 6) is 0.445. The van der Waals surface area contributed by atoms with Crippen LogP contribution in [-0.4, -0.2) is 36.7 Å². The molecule has 6 nitrogen and oxygen atoms in total. The van der Waals surface area contributed by atoms with E-state index in [0.29, 0.717) is 19.0 Å². The van der Waals surface area contributed by atoms with Crippen molar-refractivity contribution in [2.75, 3.05) is 13.1 Å². The van der Waals surface area contributed by atoms with Gasteiger partial charge in [0.05, 0.1) is 13.1 Å². The van der Waals surface area contributed by atoms with Gasteiger partial charge in [0.15, 0.2) is 0 Å². The van der Waals surface area contributed by atoms with Gasteiger partial charge in [-0.25, -0.2) is 4.79 Å². The maximum Gasteiger partial charge on any atom is 0.407 e. The van der Waals surface area contributed by atoms with Gasteiger partial charge in [-0.2, -0.15) is 0 Å². The lowest BCUT2D eigenvalue weighted by Crippen LogP contribution is -2.49. The van der Waals surface area contributed by atoms with E-state index in [1.165, 1.54) is 19.3 Å². The fraction of sp³-hybridized carbons (Fsp3) is 0.700. The van der Waals surface area contributed by atoms with Crippen molar-refractivity contribution in [1.29, 1.82) is 0 Å². The van der Waals surface area contributed by atoms with Crippen molar-refractivity contribution in [1.82, 2.24) is 16.0 Å². The third-order valence-corrected chi connectivity index (χ3v) is 5.53. The molecule has 2 amide bonds.